The minimum Gasteiger partial charge on any atom is -0.351 e. The van der Waals surface area contributed by atoms with E-state index in [0.29, 0.717) is 12.2 Å². The number of carbonyl (C=O) groups excluding carboxylic acids is 1. The predicted molar refractivity (Wildman–Crippen MR) is 51.1 cm³/mol. The number of rotatable bonds is 4. The van der Waals surface area contributed by atoms with Gasteiger partial charge < -0.3 is 5.32 Å². The minimum absolute atomic E-state index is 0.189. The van der Waals surface area contributed by atoms with Gasteiger partial charge in [0, 0.05) is 6.54 Å². The quantitative estimate of drug-likeness (QED) is 0.381. The lowest BCUT2D eigenvalue weighted by atomic mass is 10.3. The predicted octanol–water partition coefficient (Wildman–Crippen LogP) is 1.28. The Balaban J connectivity index is 4.33. The van der Waals surface area contributed by atoms with Gasteiger partial charge in [-0.05, 0) is 26.6 Å². The molecule has 1 amide bonds. The molecule has 0 spiro atoms. The van der Waals surface area contributed by atoms with Gasteiger partial charge in [-0.15, -0.1) is 0 Å². The van der Waals surface area contributed by atoms with Crippen LogP contribution in [0.4, 0.5) is 0 Å². The molecule has 12 heavy (non-hydrogen) atoms. The van der Waals surface area contributed by atoms with Crippen LogP contribution in [0.15, 0.2) is 28.9 Å². The lowest BCUT2D eigenvalue weighted by Crippen LogP contribution is -2.23. The van der Waals surface area contributed by atoms with Gasteiger partial charge >= 0.3 is 0 Å². The van der Waals surface area contributed by atoms with E-state index < -0.39 is 0 Å². The van der Waals surface area contributed by atoms with Crippen LogP contribution in [0.1, 0.15) is 13.8 Å². The molecule has 0 fully saturated rings. The van der Waals surface area contributed by atoms with E-state index >= 15 is 0 Å². The molecule has 0 rings (SSSR count). The highest BCUT2D eigenvalue weighted by atomic mass is 16.1. The standard InChI is InChI=1S/C9H14N2O/c1-4-6-7-8(10-3)9(12)11-5-2/h4,6-7H,3,5H2,1-2H3,(H,11,12)/b6-4-,8-7-. The van der Waals surface area contributed by atoms with Crippen molar-refractivity contribution in [1.29, 1.82) is 0 Å². The van der Waals surface area contributed by atoms with Gasteiger partial charge in [-0.1, -0.05) is 12.2 Å². The van der Waals surface area contributed by atoms with Gasteiger partial charge in [0.05, 0.1) is 0 Å². The SMILES string of the molecule is C=N/C(=C\C=C/C)C(=O)NCC. The van der Waals surface area contributed by atoms with Crippen LogP contribution in [0.2, 0.25) is 0 Å². The molecule has 0 aromatic heterocycles. The molecule has 66 valence electrons. The molecule has 0 unspecified atom stereocenters. The maximum Gasteiger partial charge on any atom is 0.269 e. The summed E-state index contributed by atoms with van der Waals surface area (Å²) in [6.07, 6.45) is 5.20. The Morgan fingerprint density at radius 1 is 1.67 bits per heavy atom. The van der Waals surface area contributed by atoms with Crippen LogP contribution in [0.25, 0.3) is 0 Å². The zero-order chi connectivity index (χ0) is 9.40. The maximum absolute atomic E-state index is 11.1. The van der Waals surface area contributed by atoms with Crippen molar-refractivity contribution in [3.8, 4) is 0 Å². The summed E-state index contributed by atoms with van der Waals surface area (Å²) in [4.78, 5) is 14.7. The smallest absolute Gasteiger partial charge is 0.269 e. The molecule has 0 saturated heterocycles. The fourth-order valence-corrected chi connectivity index (χ4v) is 0.639. The zero-order valence-electron chi connectivity index (χ0n) is 7.50. The molecule has 3 heteroatoms. The van der Waals surface area contributed by atoms with Crippen LogP contribution in [0.3, 0.4) is 0 Å². The molecule has 0 aliphatic rings. The number of amides is 1. The van der Waals surface area contributed by atoms with E-state index in [1.807, 2.05) is 19.9 Å². The van der Waals surface area contributed by atoms with E-state index in [-0.39, 0.29) is 5.91 Å². The van der Waals surface area contributed by atoms with Gasteiger partial charge in [0.2, 0.25) is 0 Å². The molecular formula is C9H14N2O. The first-order valence-electron chi connectivity index (χ1n) is 3.84. The maximum atomic E-state index is 11.1. The second kappa shape index (κ2) is 6.34. The topological polar surface area (TPSA) is 41.5 Å². The lowest BCUT2D eigenvalue weighted by Gasteiger charge is -1.99. The zero-order valence-corrected chi connectivity index (χ0v) is 7.50. The van der Waals surface area contributed by atoms with Gasteiger partial charge in [-0.3, -0.25) is 9.79 Å². The summed E-state index contributed by atoms with van der Waals surface area (Å²) in [5.74, 6) is -0.189. The molecule has 0 heterocycles. The number of hydrogen-bond donors (Lipinski definition) is 1. The fourth-order valence-electron chi connectivity index (χ4n) is 0.639. The Morgan fingerprint density at radius 3 is 2.75 bits per heavy atom. The molecule has 0 aliphatic heterocycles. The Hall–Kier alpha value is -1.38. The average Bonchev–Trinajstić information content (AvgIpc) is 2.06. The third-order valence-corrected chi connectivity index (χ3v) is 1.19. The highest BCUT2D eigenvalue weighted by molar-refractivity contribution is 5.93. The van der Waals surface area contributed by atoms with E-state index in [0.717, 1.165) is 0 Å². The van der Waals surface area contributed by atoms with Crippen molar-refractivity contribution in [2.45, 2.75) is 13.8 Å². The van der Waals surface area contributed by atoms with Gasteiger partial charge in [-0.25, -0.2) is 0 Å². The van der Waals surface area contributed by atoms with Crippen molar-refractivity contribution < 1.29 is 4.79 Å². The summed E-state index contributed by atoms with van der Waals surface area (Å²) in [5.41, 5.74) is 0.343. The molecule has 0 radical (unpaired) electrons. The van der Waals surface area contributed by atoms with Crippen LogP contribution >= 0.6 is 0 Å². The first-order chi connectivity index (χ1) is 5.76. The third kappa shape index (κ3) is 3.71. The summed E-state index contributed by atoms with van der Waals surface area (Å²) >= 11 is 0. The molecular weight excluding hydrogens is 152 g/mol. The van der Waals surface area contributed by atoms with E-state index in [1.165, 1.54) is 0 Å². The Kier molecular flexibility index (Phi) is 5.61. The minimum atomic E-state index is -0.189. The van der Waals surface area contributed by atoms with Crippen molar-refractivity contribution in [1.82, 2.24) is 5.32 Å². The monoisotopic (exact) mass is 166 g/mol. The number of allylic oxidation sites excluding steroid dienone is 3. The van der Waals surface area contributed by atoms with Crippen LogP contribution in [0, 0.1) is 0 Å². The number of carbonyl (C=O) groups is 1. The van der Waals surface area contributed by atoms with E-state index in [4.69, 9.17) is 0 Å². The fraction of sp³-hybridized carbons (Fsp3) is 0.333. The van der Waals surface area contributed by atoms with Crippen molar-refractivity contribution in [3.63, 3.8) is 0 Å². The summed E-state index contributed by atoms with van der Waals surface area (Å²) in [6, 6.07) is 0. The second-order valence-electron chi connectivity index (χ2n) is 2.10. The average molecular weight is 166 g/mol. The van der Waals surface area contributed by atoms with Crippen molar-refractivity contribution in [3.05, 3.63) is 23.9 Å². The Labute approximate surface area is 72.9 Å². The van der Waals surface area contributed by atoms with Gasteiger partial charge in [0.15, 0.2) is 0 Å². The van der Waals surface area contributed by atoms with Crippen molar-refractivity contribution in [2.24, 2.45) is 4.99 Å². The van der Waals surface area contributed by atoms with E-state index in [1.54, 1.807) is 12.2 Å². The Bertz CT molecular complexity index is 217. The molecule has 0 aromatic rings. The molecule has 0 saturated carbocycles. The highest BCUT2D eigenvalue weighted by Crippen LogP contribution is 1.95. The van der Waals surface area contributed by atoms with Crippen molar-refractivity contribution in [2.75, 3.05) is 6.54 Å². The number of hydrogen-bond acceptors (Lipinski definition) is 2. The summed E-state index contributed by atoms with van der Waals surface area (Å²) in [7, 11) is 0. The summed E-state index contributed by atoms with van der Waals surface area (Å²) in [5, 5.41) is 2.63. The molecule has 0 bridgehead atoms. The van der Waals surface area contributed by atoms with E-state index in [9.17, 15) is 4.79 Å². The number of nitrogens with zero attached hydrogens (tertiary/aromatic N) is 1. The highest BCUT2D eigenvalue weighted by Gasteiger charge is 2.02. The van der Waals surface area contributed by atoms with Crippen molar-refractivity contribution >= 4 is 12.6 Å². The molecule has 1 N–H and O–H groups in total. The lowest BCUT2D eigenvalue weighted by molar-refractivity contribution is -0.117. The number of nitrogens with one attached hydrogen (secondary N) is 1. The summed E-state index contributed by atoms with van der Waals surface area (Å²) in [6.45, 7) is 7.63. The van der Waals surface area contributed by atoms with Crippen LogP contribution in [-0.4, -0.2) is 19.2 Å². The summed E-state index contributed by atoms with van der Waals surface area (Å²) < 4.78 is 0. The molecule has 0 aliphatic carbocycles. The van der Waals surface area contributed by atoms with Crippen LogP contribution in [-0.2, 0) is 4.79 Å². The first kappa shape index (κ1) is 10.6. The van der Waals surface area contributed by atoms with Crippen LogP contribution in [0.5, 0.6) is 0 Å². The molecule has 0 atom stereocenters. The second-order valence-corrected chi connectivity index (χ2v) is 2.10. The molecule has 0 aromatic carbocycles. The normalized spacial score (nSPS) is 11.7. The van der Waals surface area contributed by atoms with E-state index in [2.05, 4.69) is 17.0 Å². The van der Waals surface area contributed by atoms with Gasteiger partial charge in [0.1, 0.15) is 5.70 Å². The third-order valence-electron chi connectivity index (χ3n) is 1.19. The Morgan fingerprint density at radius 2 is 2.33 bits per heavy atom. The largest absolute Gasteiger partial charge is 0.351 e. The molecule has 3 nitrogen and oxygen atoms in total. The van der Waals surface area contributed by atoms with Gasteiger partial charge in [-0.2, -0.15) is 0 Å². The number of aliphatic imine (C=N–C) groups is 1. The van der Waals surface area contributed by atoms with Gasteiger partial charge in [0.25, 0.3) is 5.91 Å². The number of likely N-dealkylation sites (N-methyl/N-ethyl adjacent to an activating group) is 1. The first-order valence-corrected chi connectivity index (χ1v) is 3.84. The van der Waals surface area contributed by atoms with Crippen LogP contribution < -0.4 is 5.32 Å².